The van der Waals surface area contributed by atoms with Gasteiger partial charge in [-0.3, -0.25) is 4.98 Å². The van der Waals surface area contributed by atoms with Crippen LogP contribution in [0.1, 0.15) is 0 Å². The number of para-hydroxylation sites is 2. The van der Waals surface area contributed by atoms with E-state index in [1.807, 2.05) is 60.9 Å². The predicted molar refractivity (Wildman–Crippen MR) is 120 cm³/mol. The van der Waals surface area contributed by atoms with Crippen molar-refractivity contribution < 1.29 is 10.2 Å². The van der Waals surface area contributed by atoms with E-state index in [1.165, 1.54) is 0 Å². The minimum Gasteiger partial charge on any atom is -0.494 e. The fraction of sp³-hybridized carbons (Fsp3) is 0.0435. The average molecular weight is 448 g/mol. The summed E-state index contributed by atoms with van der Waals surface area (Å²) in [6.45, 7) is 4.48. The normalized spacial score (nSPS) is 11.5. The molecule has 5 nitrogen and oxygen atoms in total. The predicted octanol–water partition coefficient (Wildman–Crippen LogP) is 6.14. The molecule has 0 saturated carbocycles. The second-order valence-electron chi connectivity index (χ2n) is 6.94. The van der Waals surface area contributed by atoms with Crippen LogP contribution in [0.15, 0.2) is 72.0 Å². The van der Waals surface area contributed by atoms with E-state index >= 15 is 0 Å². The summed E-state index contributed by atoms with van der Waals surface area (Å²) in [7, 11) is 0. The molecule has 0 aliphatic heterocycles. The second kappa shape index (κ2) is 6.60. The van der Waals surface area contributed by atoms with Crippen molar-refractivity contribution in [3.63, 3.8) is 0 Å². The van der Waals surface area contributed by atoms with Crippen LogP contribution in [0.5, 0.6) is 11.8 Å². The lowest BCUT2D eigenvalue weighted by Gasteiger charge is -2.04. The zero-order valence-corrected chi connectivity index (χ0v) is 17.0. The van der Waals surface area contributed by atoms with Gasteiger partial charge in [0.2, 0.25) is 0 Å². The largest absolute Gasteiger partial charge is 0.494 e. The third-order valence-corrected chi connectivity index (χ3v) is 5.90. The number of nitrogens with zero attached hydrogens (tertiary/aromatic N) is 1. The second-order valence-corrected chi connectivity index (χ2v) is 7.79. The minimum atomic E-state index is -0.0691. The number of aromatic hydroxyl groups is 2. The molecule has 4 N–H and O–H groups in total. The first kappa shape index (κ1) is 17.7. The van der Waals surface area contributed by atoms with Crippen LogP contribution in [0.25, 0.3) is 44.1 Å². The number of nitrogens with one attached hydrogen (secondary N) is 2. The molecule has 29 heavy (non-hydrogen) atoms. The van der Waals surface area contributed by atoms with Gasteiger partial charge in [0.15, 0.2) is 11.8 Å². The van der Waals surface area contributed by atoms with Crippen molar-refractivity contribution in [2.45, 2.75) is 6.54 Å². The van der Waals surface area contributed by atoms with E-state index in [0.717, 1.165) is 37.4 Å². The summed E-state index contributed by atoms with van der Waals surface area (Å²) >= 11 is 3.64. The number of benzene rings is 2. The highest BCUT2D eigenvalue weighted by Gasteiger charge is 2.25. The molecule has 0 saturated heterocycles. The van der Waals surface area contributed by atoms with Gasteiger partial charge in [0.1, 0.15) is 0 Å². The molecule has 5 aromatic rings. The zero-order valence-electron chi connectivity index (χ0n) is 15.4. The van der Waals surface area contributed by atoms with Crippen molar-refractivity contribution in [3.8, 4) is 34.0 Å². The fourth-order valence-corrected chi connectivity index (χ4v) is 4.67. The number of fused-ring (bicyclic) bond motifs is 2. The molecule has 2 aromatic carbocycles. The first-order valence-electron chi connectivity index (χ1n) is 9.19. The Kier molecular flexibility index (Phi) is 4.03. The Balaban J connectivity index is 1.86. The maximum Gasteiger partial charge on any atom is 0.200 e. The van der Waals surface area contributed by atoms with Crippen LogP contribution in [0.4, 0.5) is 0 Å². The van der Waals surface area contributed by atoms with Crippen molar-refractivity contribution in [1.29, 1.82) is 0 Å². The molecule has 0 radical (unpaired) electrons. The highest BCUT2D eigenvalue weighted by Crippen LogP contribution is 2.49. The van der Waals surface area contributed by atoms with Crippen LogP contribution in [0, 0.1) is 0 Å². The SMILES string of the molecule is C=CCn1cc(-c2c(O)[nH]c(O)c2-c2c[nH]c3ccccc23)c2cccc(Br)c21. The summed E-state index contributed by atoms with van der Waals surface area (Å²) in [6.07, 6.45) is 5.67. The van der Waals surface area contributed by atoms with Gasteiger partial charge >= 0.3 is 0 Å². The minimum absolute atomic E-state index is 0.0677. The molecule has 0 fully saturated rings. The highest BCUT2D eigenvalue weighted by molar-refractivity contribution is 9.10. The zero-order chi connectivity index (χ0) is 20.1. The third-order valence-electron chi connectivity index (χ3n) is 5.26. The Bertz CT molecular complexity index is 1390. The van der Waals surface area contributed by atoms with Crippen molar-refractivity contribution in [2.75, 3.05) is 0 Å². The van der Waals surface area contributed by atoms with Crippen LogP contribution >= 0.6 is 15.9 Å². The summed E-state index contributed by atoms with van der Waals surface area (Å²) in [5, 5.41) is 23.4. The Morgan fingerprint density at radius 1 is 0.966 bits per heavy atom. The molecule has 0 atom stereocenters. The molecular formula is C23H18BrN3O2. The molecular weight excluding hydrogens is 430 g/mol. The lowest BCUT2D eigenvalue weighted by Crippen LogP contribution is -1.92. The summed E-state index contributed by atoms with van der Waals surface area (Å²) < 4.78 is 3.03. The molecule has 3 aromatic heterocycles. The number of hydrogen-bond acceptors (Lipinski definition) is 2. The van der Waals surface area contributed by atoms with Crippen molar-refractivity contribution in [1.82, 2.24) is 14.5 Å². The van der Waals surface area contributed by atoms with E-state index < -0.39 is 0 Å². The molecule has 5 rings (SSSR count). The van der Waals surface area contributed by atoms with Crippen molar-refractivity contribution >= 4 is 37.7 Å². The van der Waals surface area contributed by atoms with E-state index in [4.69, 9.17) is 0 Å². The molecule has 0 bridgehead atoms. The van der Waals surface area contributed by atoms with Gasteiger partial charge in [0.25, 0.3) is 0 Å². The van der Waals surface area contributed by atoms with E-state index in [0.29, 0.717) is 17.7 Å². The molecule has 0 aliphatic carbocycles. The first-order valence-corrected chi connectivity index (χ1v) is 9.98. The number of hydrogen-bond donors (Lipinski definition) is 4. The van der Waals surface area contributed by atoms with Crippen LogP contribution in [-0.2, 0) is 6.54 Å². The molecule has 144 valence electrons. The van der Waals surface area contributed by atoms with Crippen LogP contribution in [0.3, 0.4) is 0 Å². The molecule has 3 heterocycles. The van der Waals surface area contributed by atoms with Gasteiger partial charge in [0.05, 0.1) is 16.6 Å². The quantitative estimate of drug-likeness (QED) is 0.249. The lowest BCUT2D eigenvalue weighted by atomic mass is 9.97. The van der Waals surface area contributed by atoms with Gasteiger partial charge in [-0.05, 0) is 28.1 Å². The van der Waals surface area contributed by atoms with Gasteiger partial charge < -0.3 is 19.8 Å². The van der Waals surface area contributed by atoms with E-state index in [9.17, 15) is 10.2 Å². The lowest BCUT2D eigenvalue weighted by molar-refractivity contribution is 0.426. The molecule has 6 heteroatoms. The Morgan fingerprint density at radius 3 is 2.48 bits per heavy atom. The number of halogens is 1. The summed E-state index contributed by atoms with van der Waals surface area (Å²) in [6, 6.07) is 13.8. The van der Waals surface area contributed by atoms with E-state index in [-0.39, 0.29) is 11.8 Å². The summed E-state index contributed by atoms with van der Waals surface area (Å²) in [4.78, 5) is 5.95. The molecule has 0 amide bonds. The number of aromatic nitrogens is 3. The molecule has 0 aliphatic rings. The smallest absolute Gasteiger partial charge is 0.200 e. The molecule has 0 unspecified atom stereocenters. The van der Waals surface area contributed by atoms with Gasteiger partial charge in [0, 0.05) is 50.8 Å². The Morgan fingerprint density at radius 2 is 1.69 bits per heavy atom. The van der Waals surface area contributed by atoms with Gasteiger partial charge in [-0.2, -0.15) is 0 Å². The molecule has 0 spiro atoms. The van der Waals surface area contributed by atoms with Crippen molar-refractivity contribution in [3.05, 3.63) is 72.0 Å². The van der Waals surface area contributed by atoms with Gasteiger partial charge in [-0.1, -0.05) is 36.4 Å². The van der Waals surface area contributed by atoms with Gasteiger partial charge in [-0.15, -0.1) is 6.58 Å². The van der Waals surface area contributed by atoms with E-state index in [1.54, 1.807) is 0 Å². The summed E-state index contributed by atoms with van der Waals surface area (Å²) in [5.74, 6) is -0.137. The third kappa shape index (κ3) is 2.60. The monoisotopic (exact) mass is 447 g/mol. The van der Waals surface area contributed by atoms with Crippen LogP contribution in [0.2, 0.25) is 0 Å². The maximum atomic E-state index is 10.7. The van der Waals surface area contributed by atoms with E-state index in [2.05, 4.69) is 37.0 Å². The summed E-state index contributed by atoms with van der Waals surface area (Å²) in [5.41, 5.74) is 4.76. The van der Waals surface area contributed by atoms with Gasteiger partial charge in [-0.25, -0.2) is 0 Å². The first-order chi connectivity index (χ1) is 14.1. The number of H-pyrrole nitrogens is 2. The number of aromatic amines is 2. The van der Waals surface area contributed by atoms with Crippen molar-refractivity contribution in [2.24, 2.45) is 0 Å². The average Bonchev–Trinajstić information content (AvgIpc) is 3.36. The maximum absolute atomic E-state index is 10.7. The standard InChI is InChI=1S/C23H18BrN3O2/c1-2-10-27-12-16(14-7-5-8-17(24)21(14)27)20-19(22(28)26-23(20)29)15-11-25-18-9-4-3-6-13(15)18/h2-9,11-12,25-26,28-29H,1,10H2. The van der Waals surface area contributed by atoms with Crippen LogP contribution in [-0.4, -0.2) is 24.7 Å². The highest BCUT2D eigenvalue weighted by atomic mass is 79.9. The fourth-order valence-electron chi connectivity index (χ4n) is 4.07. The Hall–Kier alpha value is -3.38. The Labute approximate surface area is 175 Å². The topological polar surface area (TPSA) is 77.0 Å². The number of rotatable bonds is 4. The number of allylic oxidation sites excluding steroid dienone is 1. The van der Waals surface area contributed by atoms with Crippen LogP contribution < -0.4 is 0 Å².